The van der Waals surface area contributed by atoms with Crippen LogP contribution in [-0.4, -0.2) is 6.61 Å². The van der Waals surface area contributed by atoms with Crippen molar-refractivity contribution in [3.05, 3.63) is 56.2 Å². The van der Waals surface area contributed by atoms with Crippen molar-refractivity contribution in [3.8, 4) is 0 Å². The number of halogens is 1. The minimum atomic E-state index is -0.0371. The molecule has 2 atom stereocenters. The highest BCUT2D eigenvalue weighted by Gasteiger charge is 2.31. The van der Waals surface area contributed by atoms with Gasteiger partial charge in [0.2, 0.25) is 0 Å². The SMILES string of the molecule is NNC(c1sccc1Br)C1OCCc2ccccc21. The predicted octanol–water partition coefficient (Wildman–Crippen LogP) is 3.33. The molecule has 3 N–H and O–H groups in total. The zero-order valence-electron chi connectivity index (χ0n) is 10.3. The Morgan fingerprint density at radius 2 is 2.21 bits per heavy atom. The van der Waals surface area contributed by atoms with Gasteiger partial charge in [-0.1, -0.05) is 24.3 Å². The number of hydrogen-bond acceptors (Lipinski definition) is 4. The number of nitrogens with one attached hydrogen (secondary N) is 1. The first kappa shape index (κ1) is 13.3. The molecule has 1 aromatic heterocycles. The molecule has 1 aliphatic rings. The Morgan fingerprint density at radius 3 is 2.95 bits per heavy atom. The quantitative estimate of drug-likeness (QED) is 0.666. The third-order valence-electron chi connectivity index (χ3n) is 3.44. The molecular formula is C14H15BrN2OS. The average molecular weight is 339 g/mol. The van der Waals surface area contributed by atoms with E-state index in [4.69, 9.17) is 10.6 Å². The third-order valence-corrected chi connectivity index (χ3v) is 5.39. The number of ether oxygens (including phenoxy) is 1. The van der Waals surface area contributed by atoms with E-state index in [1.165, 1.54) is 16.0 Å². The largest absolute Gasteiger partial charge is 0.371 e. The molecule has 0 spiro atoms. The molecular weight excluding hydrogens is 324 g/mol. The molecule has 0 bridgehead atoms. The van der Waals surface area contributed by atoms with Crippen molar-refractivity contribution < 1.29 is 4.74 Å². The van der Waals surface area contributed by atoms with Gasteiger partial charge in [-0.3, -0.25) is 5.84 Å². The van der Waals surface area contributed by atoms with Gasteiger partial charge in [0.15, 0.2) is 0 Å². The summed E-state index contributed by atoms with van der Waals surface area (Å²) in [7, 11) is 0. The summed E-state index contributed by atoms with van der Waals surface area (Å²) in [5, 5.41) is 2.05. The van der Waals surface area contributed by atoms with E-state index in [1.807, 2.05) is 6.07 Å². The Balaban J connectivity index is 2.00. The summed E-state index contributed by atoms with van der Waals surface area (Å²) < 4.78 is 7.06. The van der Waals surface area contributed by atoms with E-state index in [0.717, 1.165) is 17.5 Å². The highest BCUT2D eigenvalue weighted by atomic mass is 79.9. The number of nitrogens with two attached hydrogens (primary N) is 1. The molecule has 1 aromatic carbocycles. The predicted molar refractivity (Wildman–Crippen MR) is 80.9 cm³/mol. The monoisotopic (exact) mass is 338 g/mol. The molecule has 3 nitrogen and oxygen atoms in total. The van der Waals surface area contributed by atoms with Crippen LogP contribution in [0.25, 0.3) is 0 Å². The lowest BCUT2D eigenvalue weighted by atomic mass is 9.93. The van der Waals surface area contributed by atoms with Gasteiger partial charge in [0.1, 0.15) is 6.10 Å². The maximum atomic E-state index is 5.98. The van der Waals surface area contributed by atoms with E-state index in [-0.39, 0.29) is 12.1 Å². The molecule has 0 radical (unpaired) electrons. The fourth-order valence-corrected chi connectivity index (χ4v) is 4.23. The minimum Gasteiger partial charge on any atom is -0.371 e. The van der Waals surface area contributed by atoms with Gasteiger partial charge in [-0.25, -0.2) is 5.43 Å². The van der Waals surface area contributed by atoms with Gasteiger partial charge < -0.3 is 4.74 Å². The van der Waals surface area contributed by atoms with Crippen LogP contribution in [0.1, 0.15) is 28.1 Å². The van der Waals surface area contributed by atoms with Crippen LogP contribution in [-0.2, 0) is 11.2 Å². The van der Waals surface area contributed by atoms with Gasteiger partial charge in [-0.05, 0) is 44.9 Å². The highest BCUT2D eigenvalue weighted by Crippen LogP contribution is 2.40. The first-order valence-corrected chi connectivity index (χ1v) is 7.87. The Hall–Kier alpha value is -0.720. The normalized spacial score (nSPS) is 20.0. The lowest BCUT2D eigenvalue weighted by molar-refractivity contribution is 0.0154. The molecule has 0 fully saturated rings. The Bertz CT molecular complexity index is 572. The summed E-state index contributed by atoms with van der Waals surface area (Å²) in [5.74, 6) is 5.78. The van der Waals surface area contributed by atoms with Gasteiger partial charge in [-0.2, -0.15) is 0 Å². The van der Waals surface area contributed by atoms with Crippen LogP contribution < -0.4 is 11.3 Å². The van der Waals surface area contributed by atoms with E-state index in [0.29, 0.717) is 0 Å². The van der Waals surface area contributed by atoms with Crippen LogP contribution in [0, 0.1) is 0 Å². The van der Waals surface area contributed by atoms with Gasteiger partial charge in [0, 0.05) is 9.35 Å². The molecule has 0 saturated heterocycles. The molecule has 2 aromatic rings. The maximum absolute atomic E-state index is 5.98. The van der Waals surface area contributed by atoms with E-state index >= 15 is 0 Å². The first-order chi connectivity index (χ1) is 9.31. The summed E-state index contributed by atoms with van der Waals surface area (Å²) in [5.41, 5.74) is 5.50. The summed E-state index contributed by atoms with van der Waals surface area (Å²) in [4.78, 5) is 1.17. The van der Waals surface area contributed by atoms with Crippen molar-refractivity contribution in [2.75, 3.05) is 6.61 Å². The molecule has 0 saturated carbocycles. The van der Waals surface area contributed by atoms with Crippen molar-refractivity contribution in [3.63, 3.8) is 0 Å². The number of benzene rings is 1. The molecule has 0 aliphatic carbocycles. The van der Waals surface area contributed by atoms with Crippen molar-refractivity contribution in [2.24, 2.45) is 5.84 Å². The van der Waals surface area contributed by atoms with E-state index in [1.54, 1.807) is 11.3 Å². The number of fused-ring (bicyclic) bond motifs is 1. The number of rotatable bonds is 3. The van der Waals surface area contributed by atoms with Gasteiger partial charge in [0.05, 0.1) is 12.6 Å². The lowest BCUT2D eigenvalue weighted by Gasteiger charge is -2.32. The lowest BCUT2D eigenvalue weighted by Crippen LogP contribution is -2.35. The minimum absolute atomic E-state index is 0.0316. The number of hydrazine groups is 1. The molecule has 5 heteroatoms. The molecule has 0 amide bonds. The van der Waals surface area contributed by atoms with Crippen LogP contribution in [0.3, 0.4) is 0 Å². The molecule has 2 heterocycles. The Kier molecular flexibility index (Phi) is 4.00. The zero-order chi connectivity index (χ0) is 13.2. The summed E-state index contributed by atoms with van der Waals surface area (Å²) in [6.07, 6.45) is 0.931. The van der Waals surface area contributed by atoms with Crippen LogP contribution in [0.5, 0.6) is 0 Å². The molecule has 19 heavy (non-hydrogen) atoms. The molecule has 3 rings (SSSR count). The van der Waals surface area contributed by atoms with E-state index in [2.05, 4.69) is 51.0 Å². The van der Waals surface area contributed by atoms with Crippen molar-refractivity contribution in [1.82, 2.24) is 5.43 Å². The standard InChI is InChI=1S/C14H15BrN2OS/c15-11-6-8-19-14(11)12(17-16)13-10-4-2-1-3-9(10)5-7-18-13/h1-4,6,8,12-13,17H,5,7,16H2. The van der Waals surface area contributed by atoms with Crippen molar-refractivity contribution in [2.45, 2.75) is 18.6 Å². The smallest absolute Gasteiger partial charge is 0.104 e. The fourth-order valence-electron chi connectivity index (χ4n) is 2.53. The van der Waals surface area contributed by atoms with Crippen LogP contribution in [0.15, 0.2) is 40.2 Å². The second-order valence-electron chi connectivity index (χ2n) is 4.52. The average Bonchev–Trinajstić information content (AvgIpc) is 2.86. The van der Waals surface area contributed by atoms with Crippen molar-refractivity contribution in [1.29, 1.82) is 0 Å². The fraction of sp³-hybridized carbons (Fsp3) is 0.286. The van der Waals surface area contributed by atoms with Gasteiger partial charge in [-0.15, -0.1) is 11.3 Å². The highest BCUT2D eigenvalue weighted by molar-refractivity contribution is 9.10. The zero-order valence-corrected chi connectivity index (χ0v) is 12.7. The van der Waals surface area contributed by atoms with Crippen molar-refractivity contribution >= 4 is 27.3 Å². The molecule has 100 valence electrons. The van der Waals surface area contributed by atoms with Gasteiger partial charge in [0.25, 0.3) is 0 Å². The van der Waals surface area contributed by atoms with Crippen LogP contribution in [0.2, 0.25) is 0 Å². The summed E-state index contributed by atoms with van der Waals surface area (Å²) in [6.45, 7) is 0.739. The first-order valence-electron chi connectivity index (χ1n) is 6.19. The maximum Gasteiger partial charge on any atom is 0.104 e. The van der Waals surface area contributed by atoms with E-state index < -0.39 is 0 Å². The second kappa shape index (κ2) is 5.73. The number of thiophene rings is 1. The number of hydrogen-bond donors (Lipinski definition) is 2. The van der Waals surface area contributed by atoms with Crippen LogP contribution >= 0.6 is 27.3 Å². The van der Waals surface area contributed by atoms with E-state index in [9.17, 15) is 0 Å². The second-order valence-corrected chi connectivity index (χ2v) is 6.32. The summed E-state index contributed by atoms with van der Waals surface area (Å²) in [6, 6.07) is 10.4. The topological polar surface area (TPSA) is 47.3 Å². The Morgan fingerprint density at radius 1 is 1.37 bits per heavy atom. The molecule has 2 unspecified atom stereocenters. The summed E-state index contributed by atoms with van der Waals surface area (Å²) >= 11 is 5.25. The molecule has 1 aliphatic heterocycles. The van der Waals surface area contributed by atoms with Crippen LogP contribution in [0.4, 0.5) is 0 Å². The third kappa shape index (κ3) is 2.49. The Labute approximate surface area is 124 Å². The van der Waals surface area contributed by atoms with Gasteiger partial charge >= 0.3 is 0 Å².